The second-order valence-corrected chi connectivity index (χ2v) is 8.38. The molecular weight excluding hydrogens is 401 g/mol. The van der Waals surface area contributed by atoms with E-state index in [9.17, 15) is 4.79 Å². The first-order chi connectivity index (χ1) is 12.9. The fourth-order valence-corrected chi connectivity index (χ4v) is 4.74. The summed E-state index contributed by atoms with van der Waals surface area (Å²) in [7, 11) is 0. The number of rotatable bonds is 3. The van der Waals surface area contributed by atoms with E-state index in [2.05, 4.69) is 18.3 Å². The minimum atomic E-state index is -0.276. The summed E-state index contributed by atoms with van der Waals surface area (Å²) in [4.78, 5) is 12.9. The first kappa shape index (κ1) is 18.4. The molecule has 2 heterocycles. The van der Waals surface area contributed by atoms with Gasteiger partial charge < -0.3 is 5.32 Å². The summed E-state index contributed by atoms with van der Waals surface area (Å²) in [5.74, 6) is 2.10. The number of aromatic nitrogens is 2. The highest BCUT2D eigenvalue weighted by molar-refractivity contribution is 7.98. The highest BCUT2D eigenvalue weighted by Gasteiger charge is 2.26. The lowest BCUT2D eigenvalue weighted by molar-refractivity contribution is 0.102. The Morgan fingerprint density at radius 2 is 1.96 bits per heavy atom. The Labute approximate surface area is 171 Å². The van der Waals surface area contributed by atoms with E-state index in [0.29, 0.717) is 21.4 Å². The highest BCUT2D eigenvalue weighted by Crippen LogP contribution is 2.37. The zero-order valence-electron chi connectivity index (χ0n) is 14.8. The number of benzene rings is 2. The van der Waals surface area contributed by atoms with Gasteiger partial charge in [-0.1, -0.05) is 40.9 Å². The van der Waals surface area contributed by atoms with E-state index in [1.165, 1.54) is 5.56 Å². The number of thioether (sulfide) groups is 1. The van der Waals surface area contributed by atoms with Crippen molar-refractivity contribution >= 4 is 46.7 Å². The molecule has 0 spiro atoms. The average molecular weight is 418 g/mol. The van der Waals surface area contributed by atoms with E-state index in [0.717, 1.165) is 34.0 Å². The fraction of sp³-hybridized carbons (Fsp3) is 0.200. The van der Waals surface area contributed by atoms with E-state index in [1.54, 1.807) is 30.0 Å². The van der Waals surface area contributed by atoms with Crippen LogP contribution in [-0.2, 0) is 11.5 Å². The lowest BCUT2D eigenvalue weighted by Gasteiger charge is -2.14. The van der Waals surface area contributed by atoms with E-state index < -0.39 is 0 Å². The summed E-state index contributed by atoms with van der Waals surface area (Å²) in [6.45, 7) is 4.10. The van der Waals surface area contributed by atoms with Gasteiger partial charge in [0.15, 0.2) is 0 Å². The van der Waals surface area contributed by atoms with Crippen molar-refractivity contribution in [2.75, 3.05) is 5.32 Å². The molecule has 0 saturated carbocycles. The molecular formula is C20H17Cl2N3OS. The number of nitrogens with one attached hydrogen (secondary N) is 1. The molecule has 3 aromatic rings. The molecule has 1 N–H and O–H groups in total. The molecule has 7 heteroatoms. The monoisotopic (exact) mass is 417 g/mol. The lowest BCUT2D eigenvalue weighted by Crippen LogP contribution is -2.17. The molecule has 0 saturated heterocycles. The van der Waals surface area contributed by atoms with Gasteiger partial charge in [-0.3, -0.25) is 4.79 Å². The van der Waals surface area contributed by atoms with Crippen LogP contribution in [0.15, 0.2) is 36.4 Å². The molecule has 0 unspecified atom stereocenters. The van der Waals surface area contributed by atoms with E-state index in [1.807, 2.05) is 23.7 Å². The molecule has 0 atom stereocenters. The molecule has 1 aliphatic heterocycles. The van der Waals surface area contributed by atoms with Crippen LogP contribution in [0.25, 0.3) is 5.69 Å². The third kappa shape index (κ3) is 3.47. The molecule has 138 valence electrons. The van der Waals surface area contributed by atoms with E-state index >= 15 is 0 Å². The van der Waals surface area contributed by atoms with Crippen LogP contribution in [0, 0.1) is 13.8 Å². The third-order valence-electron chi connectivity index (χ3n) is 4.54. The van der Waals surface area contributed by atoms with Gasteiger partial charge in [0.25, 0.3) is 5.91 Å². The van der Waals surface area contributed by atoms with Crippen LogP contribution < -0.4 is 5.32 Å². The minimum absolute atomic E-state index is 0.276. The quantitative estimate of drug-likeness (QED) is 0.585. The van der Waals surface area contributed by atoms with Crippen LogP contribution in [0.5, 0.6) is 0 Å². The molecule has 1 aromatic heterocycles. The molecule has 2 aromatic carbocycles. The molecule has 0 radical (unpaired) electrons. The number of carbonyl (C=O) groups is 1. The Balaban J connectivity index is 1.77. The van der Waals surface area contributed by atoms with Gasteiger partial charge in [0.1, 0.15) is 5.82 Å². The number of amides is 1. The fourth-order valence-electron chi connectivity index (χ4n) is 3.21. The van der Waals surface area contributed by atoms with Crippen molar-refractivity contribution in [1.82, 2.24) is 9.78 Å². The first-order valence-electron chi connectivity index (χ1n) is 8.46. The van der Waals surface area contributed by atoms with E-state index in [4.69, 9.17) is 28.3 Å². The van der Waals surface area contributed by atoms with Crippen molar-refractivity contribution in [3.63, 3.8) is 0 Å². The Hall–Kier alpha value is -1.95. The normalized spacial score (nSPS) is 12.9. The SMILES string of the molecule is Cc1ccc(-n2nc3c(c2NC(=O)c2ccc(Cl)cc2Cl)CSC3)c(C)c1. The van der Waals surface area contributed by atoms with Crippen molar-refractivity contribution in [3.05, 3.63) is 74.4 Å². The van der Waals surface area contributed by atoms with Crippen molar-refractivity contribution < 1.29 is 4.79 Å². The van der Waals surface area contributed by atoms with Crippen LogP contribution in [0.1, 0.15) is 32.7 Å². The Morgan fingerprint density at radius 1 is 1.15 bits per heavy atom. The Bertz CT molecular complexity index is 1060. The second-order valence-electron chi connectivity index (χ2n) is 6.55. The van der Waals surface area contributed by atoms with Crippen LogP contribution in [0.3, 0.4) is 0 Å². The number of hydrogen-bond acceptors (Lipinski definition) is 3. The average Bonchev–Trinajstić information content (AvgIpc) is 3.17. The van der Waals surface area contributed by atoms with Gasteiger partial charge in [-0.05, 0) is 43.7 Å². The van der Waals surface area contributed by atoms with Crippen molar-refractivity contribution in [3.8, 4) is 5.69 Å². The van der Waals surface area contributed by atoms with Gasteiger partial charge in [-0.2, -0.15) is 16.9 Å². The number of halogens is 2. The zero-order valence-corrected chi connectivity index (χ0v) is 17.2. The van der Waals surface area contributed by atoms with Crippen molar-refractivity contribution in [1.29, 1.82) is 0 Å². The maximum Gasteiger partial charge on any atom is 0.258 e. The summed E-state index contributed by atoms with van der Waals surface area (Å²) in [5, 5.41) is 8.61. The third-order valence-corrected chi connectivity index (χ3v) is 6.06. The summed E-state index contributed by atoms with van der Waals surface area (Å²) >= 11 is 13.9. The summed E-state index contributed by atoms with van der Waals surface area (Å²) in [6, 6.07) is 11.0. The lowest BCUT2D eigenvalue weighted by atomic mass is 10.1. The minimum Gasteiger partial charge on any atom is -0.306 e. The maximum absolute atomic E-state index is 12.9. The number of hydrogen-bond donors (Lipinski definition) is 1. The molecule has 4 nitrogen and oxygen atoms in total. The van der Waals surface area contributed by atoms with Crippen molar-refractivity contribution in [2.45, 2.75) is 25.4 Å². The van der Waals surface area contributed by atoms with Gasteiger partial charge in [0.05, 0.1) is 22.0 Å². The zero-order chi connectivity index (χ0) is 19.1. The van der Waals surface area contributed by atoms with Gasteiger partial charge in [0, 0.05) is 22.1 Å². The molecule has 0 fully saturated rings. The second kappa shape index (κ2) is 7.23. The first-order valence-corrected chi connectivity index (χ1v) is 10.4. The molecule has 4 rings (SSSR count). The van der Waals surface area contributed by atoms with Gasteiger partial charge in [0.2, 0.25) is 0 Å². The van der Waals surface area contributed by atoms with Crippen molar-refractivity contribution in [2.24, 2.45) is 0 Å². The van der Waals surface area contributed by atoms with Gasteiger partial charge >= 0.3 is 0 Å². The summed E-state index contributed by atoms with van der Waals surface area (Å²) in [5.41, 5.74) is 5.70. The van der Waals surface area contributed by atoms with Gasteiger partial charge in [-0.15, -0.1) is 0 Å². The smallest absolute Gasteiger partial charge is 0.258 e. The number of aryl methyl sites for hydroxylation is 2. The molecule has 0 bridgehead atoms. The standard InChI is InChI=1S/C20H17Cl2N3OS/c1-11-3-6-18(12(2)7-11)25-19(15-9-27-10-17(15)24-25)23-20(26)14-5-4-13(21)8-16(14)22/h3-8H,9-10H2,1-2H3,(H,23,26). The largest absolute Gasteiger partial charge is 0.306 e. The maximum atomic E-state index is 12.9. The number of nitrogens with zero attached hydrogens (tertiary/aromatic N) is 2. The topological polar surface area (TPSA) is 46.9 Å². The van der Waals surface area contributed by atoms with Crippen LogP contribution in [0.2, 0.25) is 10.0 Å². The number of anilines is 1. The molecule has 0 aliphatic carbocycles. The summed E-state index contributed by atoms with van der Waals surface area (Å²) < 4.78 is 1.83. The number of fused-ring (bicyclic) bond motifs is 1. The predicted molar refractivity (Wildman–Crippen MR) is 112 cm³/mol. The highest BCUT2D eigenvalue weighted by atomic mass is 35.5. The van der Waals surface area contributed by atoms with Crippen LogP contribution >= 0.6 is 35.0 Å². The Morgan fingerprint density at radius 3 is 2.70 bits per heavy atom. The number of carbonyl (C=O) groups excluding carboxylic acids is 1. The molecule has 1 amide bonds. The summed E-state index contributed by atoms with van der Waals surface area (Å²) in [6.07, 6.45) is 0. The van der Waals surface area contributed by atoms with Crippen LogP contribution in [0.4, 0.5) is 5.82 Å². The van der Waals surface area contributed by atoms with E-state index in [-0.39, 0.29) is 5.91 Å². The predicted octanol–water partition coefficient (Wildman–Crippen LogP) is 5.80. The molecule has 1 aliphatic rings. The van der Waals surface area contributed by atoms with Gasteiger partial charge in [-0.25, -0.2) is 4.68 Å². The molecule has 27 heavy (non-hydrogen) atoms. The Kier molecular flexibility index (Phi) is 4.93. The van der Waals surface area contributed by atoms with Crippen LogP contribution in [-0.4, -0.2) is 15.7 Å².